The third kappa shape index (κ3) is 2.08. The number of nitrogens with two attached hydrogens (primary N) is 1. The molecule has 3 nitrogen and oxygen atoms in total. The molecule has 2 aliphatic rings. The van der Waals surface area contributed by atoms with Crippen LogP contribution in [0.25, 0.3) is 0 Å². The van der Waals surface area contributed by atoms with Gasteiger partial charge in [-0.05, 0) is 30.5 Å². The van der Waals surface area contributed by atoms with Crippen molar-refractivity contribution < 1.29 is 0 Å². The quantitative estimate of drug-likeness (QED) is 0.716. The number of hydrogen-bond donors (Lipinski definition) is 3. The monoisotopic (exact) mass is 251 g/mol. The molecule has 4 N–H and O–H groups in total. The van der Waals surface area contributed by atoms with Crippen molar-refractivity contribution >= 4 is 11.6 Å². The molecule has 2 fully saturated rings. The standard InChI is InChI=1S/C13H18ClN3/c14-9-4-1-3-8(7-9)13-12-10(15)5-2-6-11(12)16-17-13/h1,3-4,7,10-13,16-17H,2,5-6,15H2. The van der Waals surface area contributed by atoms with Crippen molar-refractivity contribution in [3.8, 4) is 0 Å². The summed E-state index contributed by atoms with van der Waals surface area (Å²) in [6.07, 6.45) is 3.56. The van der Waals surface area contributed by atoms with Crippen LogP contribution in [0.15, 0.2) is 24.3 Å². The van der Waals surface area contributed by atoms with Gasteiger partial charge in [0.15, 0.2) is 0 Å². The fourth-order valence-corrected chi connectivity index (χ4v) is 3.40. The Hall–Kier alpha value is -0.610. The molecular formula is C13H18ClN3. The second-order valence-electron chi connectivity index (χ2n) is 5.10. The zero-order chi connectivity index (χ0) is 11.8. The molecule has 4 heteroatoms. The van der Waals surface area contributed by atoms with E-state index in [0.717, 1.165) is 11.4 Å². The third-order valence-corrected chi connectivity index (χ3v) is 4.26. The van der Waals surface area contributed by atoms with Gasteiger partial charge in [-0.15, -0.1) is 0 Å². The highest BCUT2D eigenvalue weighted by molar-refractivity contribution is 6.30. The number of halogens is 1. The number of hydrogen-bond acceptors (Lipinski definition) is 3. The van der Waals surface area contributed by atoms with Crippen molar-refractivity contribution in [2.75, 3.05) is 0 Å². The summed E-state index contributed by atoms with van der Waals surface area (Å²) in [4.78, 5) is 0. The Morgan fingerprint density at radius 1 is 1.24 bits per heavy atom. The second kappa shape index (κ2) is 4.58. The van der Waals surface area contributed by atoms with Gasteiger partial charge in [-0.3, -0.25) is 5.43 Å². The van der Waals surface area contributed by atoms with Gasteiger partial charge < -0.3 is 5.73 Å². The van der Waals surface area contributed by atoms with Crippen molar-refractivity contribution in [1.29, 1.82) is 0 Å². The van der Waals surface area contributed by atoms with Crippen LogP contribution in [-0.2, 0) is 0 Å². The summed E-state index contributed by atoms with van der Waals surface area (Å²) in [5, 5.41) is 0.789. The van der Waals surface area contributed by atoms with E-state index in [9.17, 15) is 0 Å². The summed E-state index contributed by atoms with van der Waals surface area (Å²) >= 11 is 6.06. The molecule has 4 atom stereocenters. The molecule has 0 aromatic heterocycles. The smallest absolute Gasteiger partial charge is 0.0521 e. The Balaban J connectivity index is 1.88. The molecule has 1 saturated carbocycles. The Labute approximate surface area is 107 Å². The van der Waals surface area contributed by atoms with Crippen molar-refractivity contribution in [2.45, 2.75) is 37.4 Å². The van der Waals surface area contributed by atoms with Crippen LogP contribution in [0.5, 0.6) is 0 Å². The fourth-order valence-electron chi connectivity index (χ4n) is 3.20. The van der Waals surface area contributed by atoms with Gasteiger partial charge in [-0.1, -0.05) is 30.2 Å². The predicted octanol–water partition coefficient (Wildman–Crippen LogP) is 1.98. The van der Waals surface area contributed by atoms with E-state index in [1.54, 1.807) is 0 Å². The molecule has 0 bridgehead atoms. The normalized spacial score (nSPS) is 36.8. The lowest BCUT2D eigenvalue weighted by atomic mass is 9.76. The van der Waals surface area contributed by atoms with E-state index in [0.29, 0.717) is 12.0 Å². The molecule has 1 aliphatic carbocycles. The predicted molar refractivity (Wildman–Crippen MR) is 69.6 cm³/mol. The van der Waals surface area contributed by atoms with Crippen molar-refractivity contribution in [3.05, 3.63) is 34.9 Å². The zero-order valence-corrected chi connectivity index (χ0v) is 10.5. The molecular weight excluding hydrogens is 234 g/mol. The second-order valence-corrected chi connectivity index (χ2v) is 5.54. The van der Waals surface area contributed by atoms with Crippen LogP contribution in [0, 0.1) is 5.92 Å². The number of rotatable bonds is 1. The lowest BCUT2D eigenvalue weighted by Gasteiger charge is -2.33. The molecule has 1 aliphatic heterocycles. The summed E-state index contributed by atoms with van der Waals surface area (Å²) in [6.45, 7) is 0. The lowest BCUT2D eigenvalue weighted by Crippen LogP contribution is -2.43. The summed E-state index contributed by atoms with van der Waals surface area (Å²) in [6, 6.07) is 9.13. The first-order chi connectivity index (χ1) is 8.25. The first-order valence-corrected chi connectivity index (χ1v) is 6.65. The number of hydrazine groups is 1. The average molecular weight is 252 g/mol. The van der Waals surface area contributed by atoms with E-state index in [4.69, 9.17) is 17.3 Å². The summed E-state index contributed by atoms with van der Waals surface area (Å²) < 4.78 is 0. The van der Waals surface area contributed by atoms with E-state index in [2.05, 4.69) is 16.9 Å². The highest BCUT2D eigenvalue weighted by Crippen LogP contribution is 2.37. The van der Waals surface area contributed by atoms with Crippen molar-refractivity contribution in [1.82, 2.24) is 10.9 Å². The molecule has 1 heterocycles. The molecule has 92 valence electrons. The van der Waals surface area contributed by atoms with Gasteiger partial charge in [-0.2, -0.15) is 0 Å². The summed E-state index contributed by atoms with van der Waals surface area (Å²) in [7, 11) is 0. The van der Waals surface area contributed by atoms with E-state index in [1.807, 2.05) is 18.2 Å². The summed E-state index contributed by atoms with van der Waals surface area (Å²) in [5.74, 6) is 0.474. The van der Waals surface area contributed by atoms with Gasteiger partial charge >= 0.3 is 0 Å². The van der Waals surface area contributed by atoms with Crippen LogP contribution in [0.2, 0.25) is 5.02 Å². The average Bonchev–Trinajstić information content (AvgIpc) is 2.74. The van der Waals surface area contributed by atoms with Crippen molar-refractivity contribution in [3.63, 3.8) is 0 Å². The summed E-state index contributed by atoms with van der Waals surface area (Å²) in [5.41, 5.74) is 14.3. The van der Waals surface area contributed by atoms with Crippen LogP contribution in [-0.4, -0.2) is 12.1 Å². The van der Waals surface area contributed by atoms with Gasteiger partial charge in [0.05, 0.1) is 6.04 Å². The van der Waals surface area contributed by atoms with E-state index >= 15 is 0 Å². The van der Waals surface area contributed by atoms with Crippen LogP contribution in [0.4, 0.5) is 0 Å². The highest BCUT2D eigenvalue weighted by atomic mass is 35.5. The van der Waals surface area contributed by atoms with Gasteiger partial charge in [0, 0.05) is 23.0 Å². The number of fused-ring (bicyclic) bond motifs is 1. The Bertz CT molecular complexity index is 409. The third-order valence-electron chi connectivity index (χ3n) is 4.03. The molecule has 0 spiro atoms. The Kier molecular flexibility index (Phi) is 3.09. The molecule has 0 amide bonds. The molecule has 0 radical (unpaired) electrons. The minimum atomic E-state index is 0.278. The number of benzene rings is 1. The maximum Gasteiger partial charge on any atom is 0.0521 e. The maximum absolute atomic E-state index is 6.27. The van der Waals surface area contributed by atoms with Gasteiger partial charge in [0.1, 0.15) is 0 Å². The minimum absolute atomic E-state index is 0.278. The van der Waals surface area contributed by atoms with Crippen LogP contribution in [0.3, 0.4) is 0 Å². The molecule has 4 unspecified atom stereocenters. The first-order valence-electron chi connectivity index (χ1n) is 6.28. The first kappa shape index (κ1) is 11.5. The van der Waals surface area contributed by atoms with Crippen LogP contribution in [0.1, 0.15) is 30.9 Å². The van der Waals surface area contributed by atoms with E-state index in [-0.39, 0.29) is 12.1 Å². The molecule has 1 aromatic rings. The number of nitrogens with one attached hydrogen (secondary N) is 2. The topological polar surface area (TPSA) is 50.1 Å². The lowest BCUT2D eigenvalue weighted by molar-refractivity contribution is 0.265. The van der Waals surface area contributed by atoms with E-state index in [1.165, 1.54) is 18.4 Å². The Morgan fingerprint density at radius 2 is 2.12 bits per heavy atom. The maximum atomic E-state index is 6.27. The zero-order valence-electron chi connectivity index (χ0n) is 9.70. The molecule has 1 saturated heterocycles. The SMILES string of the molecule is NC1CCCC2NNC(c3cccc(Cl)c3)C12. The van der Waals surface area contributed by atoms with E-state index < -0.39 is 0 Å². The highest BCUT2D eigenvalue weighted by Gasteiger charge is 2.42. The largest absolute Gasteiger partial charge is 0.327 e. The fraction of sp³-hybridized carbons (Fsp3) is 0.538. The van der Waals surface area contributed by atoms with Gasteiger partial charge in [-0.25, -0.2) is 5.43 Å². The van der Waals surface area contributed by atoms with Crippen molar-refractivity contribution in [2.24, 2.45) is 11.7 Å². The van der Waals surface area contributed by atoms with Crippen LogP contribution >= 0.6 is 11.6 Å². The Morgan fingerprint density at radius 3 is 2.94 bits per heavy atom. The molecule has 1 aromatic carbocycles. The van der Waals surface area contributed by atoms with Gasteiger partial charge in [0.2, 0.25) is 0 Å². The molecule has 17 heavy (non-hydrogen) atoms. The molecule has 3 rings (SSSR count). The van der Waals surface area contributed by atoms with Crippen LogP contribution < -0.4 is 16.6 Å². The van der Waals surface area contributed by atoms with Gasteiger partial charge in [0.25, 0.3) is 0 Å². The minimum Gasteiger partial charge on any atom is -0.327 e.